The summed E-state index contributed by atoms with van der Waals surface area (Å²) in [5.41, 5.74) is 31.4. The van der Waals surface area contributed by atoms with Crippen molar-refractivity contribution >= 4 is 109 Å². The lowest BCUT2D eigenvalue weighted by Gasteiger charge is -2.27. The van der Waals surface area contributed by atoms with Gasteiger partial charge in [0.05, 0.1) is 0 Å². The molecule has 0 saturated heterocycles. The maximum Gasteiger partial charge on any atom is 0.136 e. The van der Waals surface area contributed by atoms with Crippen LogP contribution < -0.4 is 0 Å². The van der Waals surface area contributed by atoms with E-state index in [0.717, 1.165) is 44.2 Å². The molecule has 0 saturated carbocycles. The van der Waals surface area contributed by atoms with Crippen molar-refractivity contribution in [2.24, 2.45) is 0 Å². The summed E-state index contributed by atoms with van der Waals surface area (Å²) in [5, 5.41) is 19.7. The molecule has 0 radical (unpaired) electrons. The summed E-state index contributed by atoms with van der Waals surface area (Å²) in [5.74, 6) is 0. The smallest absolute Gasteiger partial charge is 0.136 e. The van der Waals surface area contributed by atoms with Gasteiger partial charge in [0, 0.05) is 32.7 Å². The first-order valence-corrected chi connectivity index (χ1v) is 27.8. The first kappa shape index (κ1) is 45.5. The van der Waals surface area contributed by atoms with Crippen LogP contribution in [0.4, 0.5) is 0 Å². The van der Waals surface area contributed by atoms with Crippen LogP contribution in [-0.2, 0) is 0 Å². The van der Waals surface area contributed by atoms with Crippen LogP contribution in [0.2, 0.25) is 0 Å². The number of rotatable bonds is 4. The van der Waals surface area contributed by atoms with Crippen molar-refractivity contribution in [3.8, 4) is 55.6 Å². The van der Waals surface area contributed by atoms with Gasteiger partial charge in [-0.05, 0) is 285 Å². The van der Waals surface area contributed by atoms with E-state index in [2.05, 4.69) is 217 Å². The normalized spacial score (nSPS) is 12.6. The maximum absolute atomic E-state index is 7.54. The van der Waals surface area contributed by atoms with Gasteiger partial charge in [-0.2, -0.15) is 0 Å². The van der Waals surface area contributed by atoms with Crippen molar-refractivity contribution in [2.45, 2.75) is 83.1 Å². The SMILES string of the molecule is Cc1cc(C)c(-c2cc(-c3c(C)cc(C)cc3C)c3c4cc5oc6ccc7c8cccc9c(-c%10c(C)cc(C)cc%10C)cc(-c%10c(C)cc(C)cc%10C)c(c%10cc%11oc%12ccc(c%13cccc2c%133)c4c%12c5-c%11c6c7%10)c98)c(C)c1. The van der Waals surface area contributed by atoms with Crippen LogP contribution in [0.3, 0.4) is 0 Å². The van der Waals surface area contributed by atoms with Crippen LogP contribution >= 0.6 is 0 Å². The Bertz CT molecular complexity index is 4890. The molecule has 2 heterocycles. The van der Waals surface area contributed by atoms with E-state index in [0.29, 0.717) is 0 Å². The summed E-state index contributed by atoms with van der Waals surface area (Å²) in [7, 11) is 0. The molecule has 2 aliphatic rings. The highest BCUT2D eigenvalue weighted by Crippen LogP contribution is 2.58. The minimum Gasteiger partial charge on any atom is -0.456 e. The molecule has 0 amide bonds. The molecule has 14 aromatic rings. The Balaban J connectivity index is 1.10. The summed E-state index contributed by atoms with van der Waals surface area (Å²) in [4.78, 5) is 0. The second kappa shape index (κ2) is 15.5. The molecule has 2 heteroatoms. The van der Waals surface area contributed by atoms with Crippen LogP contribution in [0.15, 0.2) is 142 Å². The zero-order valence-electron chi connectivity index (χ0n) is 46.5. The topological polar surface area (TPSA) is 26.3 Å². The third kappa shape index (κ3) is 5.82. The standard InChI is InChI=1S/C76H58O2/c1-35-23-39(5)63(40(6)24-35)53-31-55(65-43(9)27-37(3)28-44(65)10)71-57-33-61-75-73-59(21-19-51(69(57)73)47-15-13-17-49(53)67(47)71)78-62-34-58-70-52(20-22-60(77-61)74(70)76(62)75)48-16-14-18-50-54(64-41(7)25-36(2)26-42(64)8)32-56(72(58)68(48)50)66-45(11)29-38(4)30-46(66)12/h13-34H,1-12H3. The molecule has 14 aromatic carbocycles. The van der Waals surface area contributed by atoms with E-state index in [1.54, 1.807) is 0 Å². The number of benzene rings is 14. The average molecular weight is 1000 g/mol. The highest BCUT2D eigenvalue weighted by Gasteiger charge is 2.32. The Morgan fingerprint density at radius 1 is 0.205 bits per heavy atom. The predicted octanol–water partition coefficient (Wildman–Crippen LogP) is 22.2. The molecule has 2 nitrogen and oxygen atoms in total. The zero-order valence-corrected chi connectivity index (χ0v) is 46.5. The van der Waals surface area contributed by atoms with E-state index < -0.39 is 0 Å². The molecule has 2 aliphatic heterocycles. The van der Waals surface area contributed by atoms with Gasteiger partial charge in [0.1, 0.15) is 22.3 Å². The summed E-state index contributed by atoms with van der Waals surface area (Å²) in [6.45, 7) is 27.1. The predicted molar refractivity (Wildman–Crippen MR) is 335 cm³/mol. The maximum atomic E-state index is 7.54. The Kier molecular flexibility index (Phi) is 9.03. The van der Waals surface area contributed by atoms with E-state index in [1.165, 1.54) is 187 Å². The first-order chi connectivity index (χ1) is 37.6. The van der Waals surface area contributed by atoms with E-state index in [-0.39, 0.29) is 0 Å². The second-order valence-electron chi connectivity index (χ2n) is 23.8. The zero-order chi connectivity index (χ0) is 53.2. The van der Waals surface area contributed by atoms with Gasteiger partial charge in [0.25, 0.3) is 0 Å². The number of aryl methyl sites for hydroxylation is 12. The van der Waals surface area contributed by atoms with E-state index in [4.69, 9.17) is 8.83 Å². The first-order valence-electron chi connectivity index (χ1n) is 27.8. The van der Waals surface area contributed by atoms with Crippen LogP contribution in [0.5, 0.6) is 0 Å². The Morgan fingerprint density at radius 3 is 0.821 bits per heavy atom. The van der Waals surface area contributed by atoms with E-state index >= 15 is 0 Å². The molecule has 0 N–H and O–H groups in total. The Morgan fingerprint density at radius 2 is 0.487 bits per heavy atom. The van der Waals surface area contributed by atoms with Crippen molar-refractivity contribution in [2.75, 3.05) is 0 Å². The molecule has 0 atom stereocenters. The molecule has 0 aromatic heterocycles. The fraction of sp³-hybridized carbons (Fsp3) is 0.158. The second-order valence-corrected chi connectivity index (χ2v) is 23.8. The fourth-order valence-electron chi connectivity index (χ4n) is 16.1. The average Bonchev–Trinajstić information content (AvgIpc) is 1.16. The minimum absolute atomic E-state index is 0.865. The van der Waals surface area contributed by atoms with E-state index in [9.17, 15) is 0 Å². The van der Waals surface area contributed by atoms with Gasteiger partial charge in [-0.15, -0.1) is 0 Å². The lowest BCUT2D eigenvalue weighted by atomic mass is 9.78. The van der Waals surface area contributed by atoms with Gasteiger partial charge in [-0.3, -0.25) is 0 Å². The third-order valence-corrected chi connectivity index (χ3v) is 18.3. The number of hydrogen-bond donors (Lipinski definition) is 0. The van der Waals surface area contributed by atoms with Crippen LogP contribution in [0, 0.1) is 83.1 Å². The fourth-order valence-corrected chi connectivity index (χ4v) is 16.1. The monoisotopic (exact) mass is 1000 g/mol. The van der Waals surface area contributed by atoms with Crippen LogP contribution in [0.1, 0.15) is 66.8 Å². The van der Waals surface area contributed by atoms with E-state index in [1.807, 2.05) is 0 Å². The highest BCUT2D eigenvalue weighted by molar-refractivity contribution is 6.44. The molecule has 0 spiro atoms. The quantitative estimate of drug-likeness (QED) is 0.130. The van der Waals surface area contributed by atoms with Gasteiger partial charge >= 0.3 is 0 Å². The third-order valence-electron chi connectivity index (χ3n) is 18.3. The van der Waals surface area contributed by atoms with Crippen molar-refractivity contribution < 1.29 is 8.83 Å². The molecular weight excluding hydrogens is 945 g/mol. The van der Waals surface area contributed by atoms with Crippen LogP contribution in [-0.4, -0.2) is 0 Å². The molecule has 78 heavy (non-hydrogen) atoms. The molecule has 374 valence electrons. The van der Waals surface area contributed by atoms with Gasteiger partial charge in [-0.1, -0.05) is 107 Å². The summed E-state index contributed by atoms with van der Waals surface area (Å²) in [6, 6.07) is 51.7. The van der Waals surface area contributed by atoms with Crippen molar-refractivity contribution in [3.05, 3.63) is 200 Å². The van der Waals surface area contributed by atoms with Crippen molar-refractivity contribution in [3.63, 3.8) is 0 Å². The highest BCUT2D eigenvalue weighted by atomic mass is 16.3. The molecule has 0 aliphatic carbocycles. The minimum atomic E-state index is 0.865. The Labute approximate surface area is 453 Å². The summed E-state index contributed by atoms with van der Waals surface area (Å²) < 4.78 is 15.1. The lowest BCUT2D eigenvalue weighted by Crippen LogP contribution is -2.01. The van der Waals surface area contributed by atoms with Gasteiger partial charge in [0.2, 0.25) is 0 Å². The molecular formula is C76H58O2. The van der Waals surface area contributed by atoms with Gasteiger partial charge < -0.3 is 8.83 Å². The van der Waals surface area contributed by atoms with Gasteiger partial charge in [-0.25, -0.2) is 0 Å². The Hall–Kier alpha value is -8.72. The van der Waals surface area contributed by atoms with Crippen LogP contribution in [0.25, 0.3) is 164 Å². The van der Waals surface area contributed by atoms with Crippen molar-refractivity contribution in [1.82, 2.24) is 0 Å². The molecule has 16 rings (SSSR count). The van der Waals surface area contributed by atoms with Crippen molar-refractivity contribution in [1.29, 1.82) is 0 Å². The lowest BCUT2D eigenvalue weighted by molar-refractivity contribution is 0.647. The van der Waals surface area contributed by atoms with Gasteiger partial charge in [0.15, 0.2) is 0 Å². The largest absolute Gasteiger partial charge is 0.456 e. The summed E-state index contributed by atoms with van der Waals surface area (Å²) in [6.07, 6.45) is 0. The number of fused-ring (bicyclic) bond motifs is 4. The molecule has 0 bridgehead atoms. The molecule has 0 fully saturated rings. The number of hydrogen-bond acceptors (Lipinski definition) is 2. The summed E-state index contributed by atoms with van der Waals surface area (Å²) >= 11 is 0. The molecule has 0 unspecified atom stereocenters.